The molecule has 0 aromatic rings. The summed E-state index contributed by atoms with van der Waals surface area (Å²) in [6, 6.07) is 0. The zero-order valence-electron chi connectivity index (χ0n) is 6.58. The summed E-state index contributed by atoms with van der Waals surface area (Å²) in [4.78, 5) is 0. The Labute approximate surface area is 73.1 Å². The third-order valence-electron chi connectivity index (χ3n) is 1.22. The van der Waals surface area contributed by atoms with Crippen molar-refractivity contribution in [3.05, 3.63) is 0 Å². The quantitative estimate of drug-likeness (QED) is 0.511. The third-order valence-corrected chi connectivity index (χ3v) is 1.60. The van der Waals surface area contributed by atoms with Crippen molar-refractivity contribution < 1.29 is 0 Å². The van der Waals surface area contributed by atoms with Crippen LogP contribution in [0.15, 0.2) is 0 Å². The summed E-state index contributed by atoms with van der Waals surface area (Å²) in [6.07, 6.45) is 1.89. The van der Waals surface area contributed by atoms with Crippen LogP contribution < -0.4 is 5.32 Å². The molecular formula is C7H15Cl2N. The van der Waals surface area contributed by atoms with Crippen molar-refractivity contribution in [2.24, 2.45) is 0 Å². The van der Waals surface area contributed by atoms with E-state index in [0.717, 1.165) is 25.9 Å². The molecule has 0 aliphatic rings. The maximum Gasteiger partial charge on any atom is 0.115 e. The number of alkyl halides is 2. The van der Waals surface area contributed by atoms with E-state index in [1.54, 1.807) is 0 Å². The Morgan fingerprint density at radius 1 is 1.40 bits per heavy atom. The predicted molar refractivity (Wildman–Crippen MR) is 47.9 cm³/mol. The Morgan fingerprint density at radius 2 is 2.00 bits per heavy atom. The van der Waals surface area contributed by atoms with E-state index in [9.17, 15) is 0 Å². The molecule has 0 fully saturated rings. The van der Waals surface area contributed by atoms with E-state index < -0.39 is 4.33 Å². The summed E-state index contributed by atoms with van der Waals surface area (Å²) in [6.45, 7) is 5.93. The average Bonchev–Trinajstić information content (AvgIpc) is 1.78. The normalized spacial score (nSPS) is 12.0. The number of hydrogen-bond donors (Lipinski definition) is 1. The number of hydrogen-bond acceptors (Lipinski definition) is 1. The van der Waals surface area contributed by atoms with Gasteiger partial charge in [0.05, 0.1) is 0 Å². The minimum atomic E-state index is -0.546. The molecule has 0 amide bonds. The highest BCUT2D eigenvalue weighted by Gasteiger charge is 2.14. The molecule has 0 heterocycles. The molecule has 62 valence electrons. The summed E-state index contributed by atoms with van der Waals surface area (Å²) in [5.74, 6) is 0. The molecule has 0 aliphatic carbocycles. The number of rotatable bonds is 5. The number of nitrogens with one attached hydrogen (secondary N) is 1. The van der Waals surface area contributed by atoms with E-state index in [2.05, 4.69) is 12.2 Å². The molecule has 0 saturated carbocycles. The highest BCUT2D eigenvalue weighted by Crippen LogP contribution is 2.24. The van der Waals surface area contributed by atoms with Gasteiger partial charge < -0.3 is 5.32 Å². The van der Waals surface area contributed by atoms with E-state index in [4.69, 9.17) is 23.2 Å². The lowest BCUT2D eigenvalue weighted by atomic mass is 10.2. The zero-order valence-corrected chi connectivity index (χ0v) is 8.10. The van der Waals surface area contributed by atoms with Gasteiger partial charge in [-0.3, -0.25) is 0 Å². The first kappa shape index (κ1) is 10.5. The second kappa shape index (κ2) is 5.22. The van der Waals surface area contributed by atoms with Crippen LogP contribution in [0.1, 0.15) is 26.7 Å². The minimum Gasteiger partial charge on any atom is -0.317 e. The van der Waals surface area contributed by atoms with Gasteiger partial charge in [-0.05, 0) is 32.9 Å². The monoisotopic (exact) mass is 183 g/mol. The summed E-state index contributed by atoms with van der Waals surface area (Å²) >= 11 is 11.5. The fraction of sp³-hybridized carbons (Fsp3) is 1.00. The topological polar surface area (TPSA) is 12.0 Å². The van der Waals surface area contributed by atoms with E-state index in [1.807, 2.05) is 6.92 Å². The highest BCUT2D eigenvalue weighted by molar-refractivity contribution is 6.48. The first-order chi connectivity index (χ1) is 4.56. The van der Waals surface area contributed by atoms with Crippen molar-refractivity contribution in [1.82, 2.24) is 5.32 Å². The van der Waals surface area contributed by atoms with Crippen molar-refractivity contribution in [1.29, 1.82) is 0 Å². The van der Waals surface area contributed by atoms with E-state index in [-0.39, 0.29) is 0 Å². The van der Waals surface area contributed by atoms with Gasteiger partial charge in [-0.25, -0.2) is 0 Å². The summed E-state index contributed by atoms with van der Waals surface area (Å²) in [5, 5.41) is 3.20. The van der Waals surface area contributed by atoms with Gasteiger partial charge in [0.1, 0.15) is 4.33 Å². The number of halogens is 2. The van der Waals surface area contributed by atoms with Crippen LogP contribution >= 0.6 is 23.2 Å². The van der Waals surface area contributed by atoms with Crippen molar-refractivity contribution in [2.75, 3.05) is 13.1 Å². The van der Waals surface area contributed by atoms with Crippen LogP contribution in [-0.2, 0) is 0 Å². The molecule has 0 atom stereocenters. The molecule has 0 aliphatic heterocycles. The van der Waals surface area contributed by atoms with E-state index in [0.29, 0.717) is 0 Å². The molecule has 3 heteroatoms. The molecule has 0 spiro atoms. The largest absolute Gasteiger partial charge is 0.317 e. The molecule has 1 N–H and O–H groups in total. The van der Waals surface area contributed by atoms with Crippen LogP contribution in [-0.4, -0.2) is 17.4 Å². The van der Waals surface area contributed by atoms with Crippen LogP contribution in [0.3, 0.4) is 0 Å². The van der Waals surface area contributed by atoms with Gasteiger partial charge in [0.2, 0.25) is 0 Å². The maximum atomic E-state index is 5.75. The lowest BCUT2D eigenvalue weighted by Crippen LogP contribution is -2.16. The van der Waals surface area contributed by atoms with Gasteiger partial charge in [0.15, 0.2) is 0 Å². The first-order valence-corrected chi connectivity index (χ1v) is 4.40. The van der Waals surface area contributed by atoms with Crippen LogP contribution in [0.2, 0.25) is 0 Å². The lowest BCUT2D eigenvalue weighted by molar-refractivity contribution is 0.618. The van der Waals surface area contributed by atoms with Crippen molar-refractivity contribution >= 4 is 23.2 Å². The SMILES string of the molecule is CCNCCCC(C)(Cl)Cl. The molecule has 0 aromatic carbocycles. The lowest BCUT2D eigenvalue weighted by Gasteiger charge is -2.11. The second-order valence-corrected chi connectivity index (χ2v) is 4.39. The predicted octanol–water partition coefficient (Wildman–Crippen LogP) is 2.57. The second-order valence-electron chi connectivity index (χ2n) is 2.53. The highest BCUT2D eigenvalue weighted by atomic mass is 35.5. The minimum absolute atomic E-state index is 0.546. The molecule has 0 bridgehead atoms. The summed E-state index contributed by atoms with van der Waals surface area (Å²) in [5.41, 5.74) is 0. The standard InChI is InChI=1S/C7H15Cl2N/c1-3-10-6-4-5-7(2,8)9/h10H,3-6H2,1-2H3. The fourth-order valence-electron chi connectivity index (χ4n) is 0.701. The molecular weight excluding hydrogens is 169 g/mol. The van der Waals surface area contributed by atoms with Crippen LogP contribution in [0.4, 0.5) is 0 Å². The molecule has 0 unspecified atom stereocenters. The smallest absolute Gasteiger partial charge is 0.115 e. The van der Waals surface area contributed by atoms with Gasteiger partial charge in [-0.2, -0.15) is 0 Å². The van der Waals surface area contributed by atoms with Crippen molar-refractivity contribution in [3.63, 3.8) is 0 Å². The Kier molecular flexibility index (Phi) is 5.51. The Morgan fingerprint density at radius 3 is 2.40 bits per heavy atom. The van der Waals surface area contributed by atoms with Gasteiger partial charge in [0.25, 0.3) is 0 Å². The molecule has 10 heavy (non-hydrogen) atoms. The van der Waals surface area contributed by atoms with Crippen molar-refractivity contribution in [2.45, 2.75) is 31.0 Å². The van der Waals surface area contributed by atoms with Gasteiger partial charge in [-0.15, -0.1) is 23.2 Å². The van der Waals surface area contributed by atoms with E-state index >= 15 is 0 Å². The summed E-state index contributed by atoms with van der Waals surface area (Å²) in [7, 11) is 0. The Hall–Kier alpha value is 0.540. The molecule has 0 saturated heterocycles. The zero-order chi connectivity index (χ0) is 8.04. The third kappa shape index (κ3) is 8.54. The van der Waals surface area contributed by atoms with Crippen LogP contribution in [0.5, 0.6) is 0 Å². The van der Waals surface area contributed by atoms with E-state index in [1.165, 1.54) is 0 Å². The van der Waals surface area contributed by atoms with Crippen LogP contribution in [0, 0.1) is 0 Å². The molecule has 0 aromatic heterocycles. The van der Waals surface area contributed by atoms with Gasteiger partial charge in [-0.1, -0.05) is 6.92 Å². The maximum absolute atomic E-state index is 5.75. The summed E-state index contributed by atoms with van der Waals surface area (Å²) < 4.78 is -0.546. The first-order valence-electron chi connectivity index (χ1n) is 3.65. The molecule has 0 rings (SSSR count). The molecule has 0 radical (unpaired) electrons. The van der Waals surface area contributed by atoms with Crippen molar-refractivity contribution in [3.8, 4) is 0 Å². The Bertz CT molecular complexity index is 78.2. The van der Waals surface area contributed by atoms with Gasteiger partial charge >= 0.3 is 0 Å². The molecule has 1 nitrogen and oxygen atoms in total. The average molecular weight is 184 g/mol. The van der Waals surface area contributed by atoms with Crippen LogP contribution in [0.25, 0.3) is 0 Å². The van der Waals surface area contributed by atoms with Gasteiger partial charge in [0, 0.05) is 0 Å². The Balaban J connectivity index is 3.04. The fourth-order valence-corrected chi connectivity index (χ4v) is 0.968.